The lowest BCUT2D eigenvalue weighted by Gasteiger charge is -2.09. The maximum Gasteiger partial charge on any atom is 0.256 e. The van der Waals surface area contributed by atoms with Crippen molar-refractivity contribution < 1.29 is 14.2 Å². The Kier molecular flexibility index (Phi) is 4.12. The van der Waals surface area contributed by atoms with Crippen molar-refractivity contribution in [3.8, 4) is 11.6 Å². The molecule has 0 saturated carbocycles. The average molecular weight is 261 g/mol. The highest BCUT2D eigenvalue weighted by Crippen LogP contribution is 2.25. The van der Waals surface area contributed by atoms with Crippen LogP contribution in [0.4, 0.5) is 4.39 Å². The maximum atomic E-state index is 13.8. The number of nitrogens with zero attached hydrogens (tertiary/aromatic N) is 1. The van der Waals surface area contributed by atoms with Gasteiger partial charge in [0, 0.05) is 11.8 Å². The van der Waals surface area contributed by atoms with E-state index in [0.717, 1.165) is 0 Å². The molecular weight excluding hydrogens is 245 g/mol. The van der Waals surface area contributed by atoms with E-state index < -0.39 is 5.82 Å². The van der Waals surface area contributed by atoms with Crippen LogP contribution in [-0.4, -0.2) is 10.1 Å². The quantitative estimate of drug-likeness (QED) is 0.913. The first kappa shape index (κ1) is 13.5. The Bertz CT molecular complexity index is 553. The molecule has 0 amide bonds. The molecule has 19 heavy (non-hydrogen) atoms. The standard InChI is InChI=1S/C15H16FNO2/c1-10(2)11-3-5-13(6-4-11)19-15-14(16)12(9-18)7-8-17-15/h3-8,10,18H,9H2,1-2H3. The summed E-state index contributed by atoms with van der Waals surface area (Å²) in [7, 11) is 0. The highest BCUT2D eigenvalue weighted by molar-refractivity contribution is 5.33. The van der Waals surface area contributed by atoms with E-state index in [-0.39, 0.29) is 18.1 Å². The SMILES string of the molecule is CC(C)c1ccc(Oc2nccc(CO)c2F)cc1. The van der Waals surface area contributed by atoms with Crippen LogP contribution >= 0.6 is 0 Å². The summed E-state index contributed by atoms with van der Waals surface area (Å²) in [6.45, 7) is 3.82. The van der Waals surface area contributed by atoms with E-state index in [1.165, 1.54) is 17.8 Å². The van der Waals surface area contributed by atoms with Gasteiger partial charge < -0.3 is 9.84 Å². The normalized spacial score (nSPS) is 10.8. The molecule has 1 aromatic heterocycles. The summed E-state index contributed by atoms with van der Waals surface area (Å²) in [6.07, 6.45) is 1.41. The Hall–Kier alpha value is -1.94. The fourth-order valence-electron chi connectivity index (χ4n) is 1.69. The molecule has 0 bridgehead atoms. The molecule has 0 saturated heterocycles. The third kappa shape index (κ3) is 3.09. The zero-order chi connectivity index (χ0) is 13.8. The number of ether oxygens (including phenoxy) is 1. The second kappa shape index (κ2) is 5.80. The van der Waals surface area contributed by atoms with Gasteiger partial charge in [0.1, 0.15) is 5.75 Å². The van der Waals surface area contributed by atoms with E-state index in [4.69, 9.17) is 9.84 Å². The highest BCUT2D eigenvalue weighted by Gasteiger charge is 2.11. The molecule has 1 heterocycles. The Balaban J connectivity index is 2.21. The number of aromatic nitrogens is 1. The van der Waals surface area contributed by atoms with Crippen LogP contribution in [0, 0.1) is 5.82 Å². The number of hydrogen-bond acceptors (Lipinski definition) is 3. The van der Waals surface area contributed by atoms with Gasteiger partial charge in [-0.2, -0.15) is 0 Å². The minimum Gasteiger partial charge on any atom is -0.436 e. The number of halogens is 1. The summed E-state index contributed by atoms with van der Waals surface area (Å²) in [5.41, 5.74) is 1.36. The Morgan fingerprint density at radius 3 is 2.47 bits per heavy atom. The van der Waals surface area contributed by atoms with Crippen molar-refractivity contribution in [2.45, 2.75) is 26.4 Å². The van der Waals surface area contributed by atoms with E-state index in [1.807, 2.05) is 12.1 Å². The first-order valence-corrected chi connectivity index (χ1v) is 6.14. The lowest BCUT2D eigenvalue weighted by atomic mass is 10.0. The smallest absolute Gasteiger partial charge is 0.256 e. The molecule has 0 aliphatic carbocycles. The number of benzene rings is 1. The van der Waals surface area contributed by atoms with Crippen molar-refractivity contribution in [2.24, 2.45) is 0 Å². The van der Waals surface area contributed by atoms with Gasteiger partial charge in [-0.05, 0) is 29.7 Å². The molecular formula is C15H16FNO2. The van der Waals surface area contributed by atoms with Gasteiger partial charge in [0.05, 0.1) is 6.61 Å². The number of hydrogen-bond donors (Lipinski definition) is 1. The molecule has 0 radical (unpaired) electrons. The average Bonchev–Trinajstić information content (AvgIpc) is 2.42. The van der Waals surface area contributed by atoms with Crippen LogP contribution < -0.4 is 4.74 Å². The molecule has 1 aromatic carbocycles. The Morgan fingerprint density at radius 2 is 1.89 bits per heavy atom. The van der Waals surface area contributed by atoms with Gasteiger partial charge in [0.15, 0.2) is 5.82 Å². The van der Waals surface area contributed by atoms with Crippen molar-refractivity contribution in [1.82, 2.24) is 4.98 Å². The molecule has 0 fully saturated rings. The Morgan fingerprint density at radius 1 is 1.21 bits per heavy atom. The molecule has 2 aromatic rings. The van der Waals surface area contributed by atoms with E-state index in [1.54, 1.807) is 12.1 Å². The third-order valence-electron chi connectivity index (χ3n) is 2.87. The summed E-state index contributed by atoms with van der Waals surface area (Å²) < 4.78 is 19.2. The van der Waals surface area contributed by atoms with Gasteiger partial charge in [0.25, 0.3) is 5.88 Å². The van der Waals surface area contributed by atoms with E-state index in [0.29, 0.717) is 11.7 Å². The van der Waals surface area contributed by atoms with Crippen molar-refractivity contribution in [2.75, 3.05) is 0 Å². The predicted molar refractivity (Wildman–Crippen MR) is 70.7 cm³/mol. The van der Waals surface area contributed by atoms with Crippen LogP contribution in [0.1, 0.15) is 30.9 Å². The number of rotatable bonds is 4. The second-order valence-corrected chi connectivity index (χ2v) is 4.57. The number of pyridine rings is 1. The monoisotopic (exact) mass is 261 g/mol. The molecule has 0 aliphatic heterocycles. The van der Waals surface area contributed by atoms with Crippen LogP contribution in [0.25, 0.3) is 0 Å². The van der Waals surface area contributed by atoms with Gasteiger partial charge in [-0.3, -0.25) is 0 Å². The Labute approximate surface area is 111 Å². The van der Waals surface area contributed by atoms with Crippen molar-refractivity contribution in [1.29, 1.82) is 0 Å². The molecule has 0 atom stereocenters. The minimum absolute atomic E-state index is 0.121. The van der Waals surface area contributed by atoms with Gasteiger partial charge in [-0.1, -0.05) is 26.0 Å². The summed E-state index contributed by atoms with van der Waals surface area (Å²) in [4.78, 5) is 3.83. The fourth-order valence-corrected chi connectivity index (χ4v) is 1.69. The lowest BCUT2D eigenvalue weighted by Crippen LogP contribution is -1.97. The minimum atomic E-state index is -0.627. The number of aliphatic hydroxyl groups is 1. The highest BCUT2D eigenvalue weighted by atomic mass is 19.1. The molecule has 0 unspecified atom stereocenters. The third-order valence-corrected chi connectivity index (χ3v) is 2.87. The van der Waals surface area contributed by atoms with Gasteiger partial charge in [-0.15, -0.1) is 0 Å². The summed E-state index contributed by atoms with van der Waals surface area (Å²) in [5, 5.41) is 8.98. The first-order valence-electron chi connectivity index (χ1n) is 6.14. The van der Waals surface area contributed by atoms with E-state index in [2.05, 4.69) is 18.8 Å². The topological polar surface area (TPSA) is 42.4 Å². The zero-order valence-electron chi connectivity index (χ0n) is 10.9. The predicted octanol–water partition coefficient (Wildman–Crippen LogP) is 3.63. The molecule has 2 rings (SSSR count). The molecule has 0 aliphatic rings. The molecule has 3 nitrogen and oxygen atoms in total. The lowest BCUT2D eigenvalue weighted by molar-refractivity contribution is 0.273. The number of aliphatic hydroxyl groups excluding tert-OH is 1. The summed E-state index contributed by atoms with van der Waals surface area (Å²) in [5.74, 6) is 0.203. The van der Waals surface area contributed by atoms with Crippen molar-refractivity contribution in [3.63, 3.8) is 0 Å². The van der Waals surface area contributed by atoms with Gasteiger partial charge in [0.2, 0.25) is 0 Å². The van der Waals surface area contributed by atoms with Crippen LogP contribution in [-0.2, 0) is 6.61 Å². The van der Waals surface area contributed by atoms with Gasteiger partial charge >= 0.3 is 0 Å². The second-order valence-electron chi connectivity index (χ2n) is 4.57. The summed E-state index contributed by atoms with van der Waals surface area (Å²) >= 11 is 0. The molecule has 4 heteroatoms. The summed E-state index contributed by atoms with van der Waals surface area (Å²) in [6, 6.07) is 8.86. The molecule has 100 valence electrons. The van der Waals surface area contributed by atoms with Crippen molar-refractivity contribution in [3.05, 3.63) is 53.5 Å². The van der Waals surface area contributed by atoms with E-state index >= 15 is 0 Å². The molecule has 1 N–H and O–H groups in total. The molecule has 0 spiro atoms. The maximum absolute atomic E-state index is 13.8. The van der Waals surface area contributed by atoms with E-state index in [9.17, 15) is 4.39 Å². The van der Waals surface area contributed by atoms with Crippen LogP contribution in [0.2, 0.25) is 0 Å². The van der Waals surface area contributed by atoms with Crippen LogP contribution in [0.3, 0.4) is 0 Å². The van der Waals surface area contributed by atoms with Gasteiger partial charge in [-0.25, -0.2) is 9.37 Å². The first-order chi connectivity index (χ1) is 9.11. The zero-order valence-corrected chi connectivity index (χ0v) is 10.9. The van der Waals surface area contributed by atoms with Crippen molar-refractivity contribution >= 4 is 0 Å². The van der Waals surface area contributed by atoms with Crippen LogP contribution in [0.5, 0.6) is 11.6 Å². The largest absolute Gasteiger partial charge is 0.436 e. The van der Waals surface area contributed by atoms with Crippen LogP contribution in [0.15, 0.2) is 36.5 Å². The fraction of sp³-hybridized carbons (Fsp3) is 0.267.